The summed E-state index contributed by atoms with van der Waals surface area (Å²) in [5, 5.41) is 12.3. The molecule has 0 aliphatic rings. The largest absolute Gasteiger partial charge is 0.338 e. The molecule has 2 rings (SSSR count). The van der Waals surface area contributed by atoms with E-state index in [1.165, 1.54) is 6.33 Å². The highest BCUT2D eigenvalue weighted by molar-refractivity contribution is 6.32. The van der Waals surface area contributed by atoms with Crippen LogP contribution in [-0.2, 0) is 0 Å². The Balaban J connectivity index is 2.48. The van der Waals surface area contributed by atoms with Crippen LogP contribution in [0.3, 0.4) is 0 Å². The van der Waals surface area contributed by atoms with E-state index in [0.29, 0.717) is 22.6 Å². The highest BCUT2D eigenvalue weighted by Crippen LogP contribution is 2.26. The van der Waals surface area contributed by atoms with Crippen molar-refractivity contribution in [1.29, 1.82) is 5.26 Å². The van der Waals surface area contributed by atoms with Gasteiger partial charge in [0.25, 0.3) is 0 Å². The number of aromatic nitrogens is 2. The quantitative estimate of drug-likeness (QED) is 0.694. The van der Waals surface area contributed by atoms with Crippen LogP contribution >= 0.6 is 23.2 Å². The first-order valence-corrected chi connectivity index (χ1v) is 5.83. The Morgan fingerprint density at radius 3 is 2.79 bits per heavy atom. The van der Waals surface area contributed by atoms with Gasteiger partial charge < -0.3 is 5.32 Å². The molecule has 0 unspecified atom stereocenters. The van der Waals surface area contributed by atoms with Crippen molar-refractivity contribution in [3.63, 3.8) is 0 Å². The van der Waals surface area contributed by atoms with Gasteiger partial charge in [0.2, 0.25) is 0 Å². The van der Waals surface area contributed by atoms with Gasteiger partial charge in [0, 0.05) is 5.02 Å². The van der Waals surface area contributed by atoms with E-state index in [0.717, 1.165) is 0 Å². The highest BCUT2D eigenvalue weighted by Gasteiger charge is 2.11. The lowest BCUT2D eigenvalue weighted by Gasteiger charge is -2.09. The first-order valence-electron chi connectivity index (χ1n) is 5.08. The van der Waals surface area contributed by atoms with E-state index in [9.17, 15) is 4.79 Å². The third-order valence-electron chi connectivity index (χ3n) is 2.31. The summed E-state index contributed by atoms with van der Waals surface area (Å²) >= 11 is 11.7. The van der Waals surface area contributed by atoms with Crippen LogP contribution in [0.4, 0.5) is 11.5 Å². The topological polar surface area (TPSA) is 78.7 Å². The lowest BCUT2D eigenvalue weighted by atomic mass is 10.2. The predicted octanol–water partition coefficient (Wildman–Crippen LogP) is 3.21. The van der Waals surface area contributed by atoms with Crippen LogP contribution < -0.4 is 5.32 Å². The van der Waals surface area contributed by atoms with Crippen LogP contribution in [-0.4, -0.2) is 16.3 Å². The van der Waals surface area contributed by atoms with E-state index in [-0.39, 0.29) is 16.5 Å². The summed E-state index contributed by atoms with van der Waals surface area (Å²) in [6.07, 6.45) is 1.76. The van der Waals surface area contributed by atoms with Crippen LogP contribution in [0.15, 0.2) is 24.5 Å². The van der Waals surface area contributed by atoms with Crippen molar-refractivity contribution >= 4 is 41.0 Å². The first-order chi connectivity index (χ1) is 9.15. The number of nitriles is 1. The summed E-state index contributed by atoms with van der Waals surface area (Å²) < 4.78 is 0. The van der Waals surface area contributed by atoms with Crippen LogP contribution in [0.25, 0.3) is 0 Å². The number of nitrogens with zero attached hydrogens (tertiary/aromatic N) is 3. The summed E-state index contributed by atoms with van der Waals surface area (Å²) in [6.45, 7) is 0. The molecule has 94 valence electrons. The van der Waals surface area contributed by atoms with Crippen molar-refractivity contribution in [1.82, 2.24) is 9.97 Å². The first kappa shape index (κ1) is 13.3. The number of nitrogens with one attached hydrogen (secondary N) is 1. The smallest absolute Gasteiger partial charge is 0.156 e. The van der Waals surface area contributed by atoms with E-state index < -0.39 is 0 Å². The number of carbonyl (C=O) groups excluding carboxylic acids is 1. The number of hydrogen-bond acceptors (Lipinski definition) is 5. The Labute approximate surface area is 118 Å². The Morgan fingerprint density at radius 2 is 2.11 bits per heavy atom. The van der Waals surface area contributed by atoms with Gasteiger partial charge in [-0.2, -0.15) is 5.26 Å². The molecule has 2 aromatic rings. The number of hydrogen-bond donors (Lipinski definition) is 1. The van der Waals surface area contributed by atoms with Gasteiger partial charge in [0.05, 0.1) is 16.8 Å². The third-order valence-corrected chi connectivity index (χ3v) is 2.84. The van der Waals surface area contributed by atoms with E-state index in [2.05, 4.69) is 15.3 Å². The molecule has 5 nitrogen and oxygen atoms in total. The second-order valence-corrected chi connectivity index (χ2v) is 4.27. The molecule has 1 aromatic carbocycles. The van der Waals surface area contributed by atoms with Gasteiger partial charge in [-0.3, -0.25) is 4.79 Å². The van der Waals surface area contributed by atoms with Crippen LogP contribution in [0.1, 0.15) is 15.9 Å². The average molecular weight is 293 g/mol. The lowest BCUT2D eigenvalue weighted by Crippen LogP contribution is -2.02. The summed E-state index contributed by atoms with van der Waals surface area (Å²) in [4.78, 5) is 18.6. The molecule has 0 atom stereocenters. The maximum Gasteiger partial charge on any atom is 0.156 e. The number of anilines is 2. The minimum absolute atomic E-state index is 0.0352. The van der Waals surface area contributed by atoms with Crippen molar-refractivity contribution in [2.45, 2.75) is 0 Å². The Bertz CT molecular complexity index is 682. The van der Waals surface area contributed by atoms with E-state index in [1.807, 2.05) is 6.07 Å². The molecule has 0 saturated carbocycles. The maximum absolute atomic E-state index is 11.0. The summed E-state index contributed by atoms with van der Waals surface area (Å²) in [6, 6.07) is 6.73. The number of carbonyl (C=O) groups is 1. The minimum atomic E-state index is 0.0352. The van der Waals surface area contributed by atoms with Gasteiger partial charge >= 0.3 is 0 Å². The summed E-state index contributed by atoms with van der Waals surface area (Å²) in [7, 11) is 0. The lowest BCUT2D eigenvalue weighted by molar-refractivity contribution is 0.112. The predicted molar refractivity (Wildman–Crippen MR) is 71.9 cm³/mol. The molecule has 7 heteroatoms. The molecule has 0 radical (unpaired) electrons. The SMILES string of the molecule is N#Cc1ccc(Cl)cc1Nc1ncnc(Cl)c1C=O. The monoisotopic (exact) mass is 292 g/mol. The second-order valence-electron chi connectivity index (χ2n) is 3.47. The maximum atomic E-state index is 11.0. The van der Waals surface area contributed by atoms with E-state index >= 15 is 0 Å². The Kier molecular flexibility index (Phi) is 3.95. The zero-order valence-corrected chi connectivity index (χ0v) is 10.9. The fourth-order valence-electron chi connectivity index (χ4n) is 1.42. The molecule has 1 N–H and O–H groups in total. The van der Waals surface area contributed by atoms with Gasteiger partial charge in [-0.05, 0) is 18.2 Å². The molecule has 0 spiro atoms. The van der Waals surface area contributed by atoms with Crippen molar-refractivity contribution < 1.29 is 4.79 Å². The molecule has 0 bridgehead atoms. The van der Waals surface area contributed by atoms with Gasteiger partial charge in [-0.1, -0.05) is 23.2 Å². The average Bonchev–Trinajstić information content (AvgIpc) is 2.39. The minimum Gasteiger partial charge on any atom is -0.338 e. The second kappa shape index (κ2) is 5.65. The fourth-order valence-corrected chi connectivity index (χ4v) is 1.77. The van der Waals surface area contributed by atoms with Crippen molar-refractivity contribution in [2.24, 2.45) is 0 Å². The number of aldehydes is 1. The van der Waals surface area contributed by atoms with Crippen LogP contribution in [0.5, 0.6) is 0 Å². The molecule has 0 aliphatic heterocycles. The van der Waals surface area contributed by atoms with Crippen molar-refractivity contribution in [3.8, 4) is 6.07 Å². The number of rotatable bonds is 3. The molecular weight excluding hydrogens is 287 g/mol. The van der Waals surface area contributed by atoms with Gasteiger partial charge in [0.15, 0.2) is 6.29 Å². The third kappa shape index (κ3) is 2.81. The van der Waals surface area contributed by atoms with E-state index in [1.54, 1.807) is 18.2 Å². The number of halogens is 2. The molecule has 19 heavy (non-hydrogen) atoms. The molecular formula is C12H6Cl2N4O. The normalized spacial score (nSPS) is 9.74. The van der Waals surface area contributed by atoms with Gasteiger partial charge in [0.1, 0.15) is 23.4 Å². The highest BCUT2D eigenvalue weighted by atomic mass is 35.5. The summed E-state index contributed by atoms with van der Waals surface area (Å²) in [5.74, 6) is 0.216. The molecule has 0 saturated heterocycles. The Hall–Kier alpha value is -2.16. The molecule has 0 aliphatic carbocycles. The molecule has 1 aromatic heterocycles. The number of benzene rings is 1. The van der Waals surface area contributed by atoms with Gasteiger partial charge in [-0.15, -0.1) is 0 Å². The van der Waals surface area contributed by atoms with Gasteiger partial charge in [-0.25, -0.2) is 9.97 Å². The van der Waals surface area contributed by atoms with Crippen molar-refractivity contribution in [2.75, 3.05) is 5.32 Å². The molecule has 1 heterocycles. The van der Waals surface area contributed by atoms with Crippen molar-refractivity contribution in [3.05, 3.63) is 45.8 Å². The zero-order valence-electron chi connectivity index (χ0n) is 9.39. The fraction of sp³-hybridized carbons (Fsp3) is 0. The van der Waals surface area contributed by atoms with Crippen LogP contribution in [0.2, 0.25) is 10.2 Å². The zero-order chi connectivity index (χ0) is 13.8. The Morgan fingerprint density at radius 1 is 1.32 bits per heavy atom. The molecule has 0 amide bonds. The summed E-state index contributed by atoms with van der Waals surface area (Å²) in [5.41, 5.74) is 0.928. The standard InChI is InChI=1S/C12H6Cl2N4O/c13-8-2-1-7(4-15)10(3-8)18-12-9(5-19)11(14)16-6-17-12/h1-3,5-6H,(H,16,17,18). The van der Waals surface area contributed by atoms with E-state index in [4.69, 9.17) is 28.5 Å². The van der Waals surface area contributed by atoms with Crippen LogP contribution in [0, 0.1) is 11.3 Å². The molecule has 0 fully saturated rings.